The van der Waals surface area contributed by atoms with Gasteiger partial charge in [0.2, 0.25) is 0 Å². The van der Waals surface area contributed by atoms with Gasteiger partial charge in [-0.05, 0) is 47.5 Å². The fraction of sp³-hybridized carbons (Fsp3) is 0.0667. The van der Waals surface area contributed by atoms with E-state index in [4.69, 9.17) is 0 Å². The summed E-state index contributed by atoms with van der Waals surface area (Å²) in [5.74, 6) is -0.947. The van der Waals surface area contributed by atoms with Crippen LogP contribution in [0.1, 0.15) is 0 Å². The molecule has 0 radical (unpaired) electrons. The lowest BCUT2D eigenvalue weighted by atomic mass is 9.93. The summed E-state index contributed by atoms with van der Waals surface area (Å²) in [5, 5.41) is 39.1. The van der Waals surface area contributed by atoms with Crippen molar-refractivity contribution in [2.45, 2.75) is 12.7 Å². The maximum Gasteiger partial charge on any atom is 0.573 e. The van der Waals surface area contributed by atoms with Crippen LogP contribution in [0.15, 0.2) is 60.7 Å². The Balaban J connectivity index is 1.92. The molecule has 0 fully saturated rings. The van der Waals surface area contributed by atoms with Crippen LogP contribution in [0, 0.1) is 45.3 Å². The Morgan fingerprint density at radius 3 is 1.14 bits per heavy atom. The molecule has 5 rings (SSSR count). The van der Waals surface area contributed by atoms with Gasteiger partial charge in [0, 0.05) is 31.3 Å². The zero-order chi connectivity index (χ0) is 31.8. The second kappa shape index (κ2) is 11.3. The third kappa shape index (κ3) is 5.86. The van der Waals surface area contributed by atoms with Crippen LogP contribution in [0.5, 0.6) is 11.5 Å². The summed E-state index contributed by atoms with van der Waals surface area (Å²) in [6, 6.07) is 20.4. The summed E-state index contributed by atoms with van der Waals surface area (Å²) in [5.41, 5.74) is 1.36. The molecule has 0 spiro atoms. The molecule has 0 saturated carbocycles. The third-order valence-electron chi connectivity index (χ3n) is 6.15. The second-order valence-corrected chi connectivity index (χ2v) is 10.9. The number of alkyl halides is 6. The van der Waals surface area contributed by atoms with Crippen molar-refractivity contribution in [3.63, 3.8) is 0 Å². The summed E-state index contributed by atoms with van der Waals surface area (Å²) in [4.78, 5) is 0. The SMILES string of the molecule is N#CC(C#N)=c1cc2c(-c3ccc(OC(F)(F)F)cc3)c3sc(=C(C#N)C#N)cc3c(-c3ccc(OC(F)(F)F)cc3)c2s1. The number of ether oxygens (including phenoxy) is 2. The molecule has 3 aromatic carbocycles. The van der Waals surface area contributed by atoms with Crippen LogP contribution >= 0.6 is 22.7 Å². The van der Waals surface area contributed by atoms with E-state index in [1.807, 2.05) is 24.3 Å². The molecule has 2 aromatic heterocycles. The van der Waals surface area contributed by atoms with Gasteiger partial charge in [-0.1, -0.05) is 24.3 Å². The lowest BCUT2D eigenvalue weighted by Crippen LogP contribution is -2.16. The first-order valence-electron chi connectivity index (χ1n) is 12.0. The number of hydrogen-bond acceptors (Lipinski definition) is 8. The van der Waals surface area contributed by atoms with Gasteiger partial charge in [0.25, 0.3) is 0 Å². The fourth-order valence-corrected chi connectivity index (χ4v) is 6.89. The van der Waals surface area contributed by atoms with Gasteiger partial charge in [0.15, 0.2) is 0 Å². The second-order valence-electron chi connectivity index (χ2n) is 8.80. The minimum absolute atomic E-state index is 0.209. The maximum atomic E-state index is 12.8. The number of halogens is 6. The first kappa shape index (κ1) is 29.9. The van der Waals surface area contributed by atoms with E-state index in [0.717, 1.165) is 46.9 Å². The standard InChI is InChI=1S/C30H10F6N4O2S2/c31-29(32,33)41-19-5-1-15(2-6-19)25-21-9-23(17(11-37)12-38)44-28(21)26(16-3-7-20(8-4-16)42-30(34,35)36)22-10-24(43-27(22)25)18(13-39)14-40/h1-10H. The highest BCUT2D eigenvalue weighted by Gasteiger charge is 2.32. The summed E-state index contributed by atoms with van der Waals surface area (Å²) in [7, 11) is 0. The lowest BCUT2D eigenvalue weighted by Gasteiger charge is -2.14. The van der Waals surface area contributed by atoms with Gasteiger partial charge in [-0.2, -0.15) is 21.0 Å². The molecule has 0 atom stereocenters. The Morgan fingerprint density at radius 2 is 0.864 bits per heavy atom. The van der Waals surface area contributed by atoms with Crippen molar-refractivity contribution in [1.82, 2.24) is 0 Å². The number of benzene rings is 3. The minimum Gasteiger partial charge on any atom is -0.406 e. The van der Waals surface area contributed by atoms with Gasteiger partial charge in [-0.25, -0.2) is 0 Å². The Labute approximate surface area is 251 Å². The molecule has 216 valence electrons. The molecule has 44 heavy (non-hydrogen) atoms. The number of thiophene rings is 2. The lowest BCUT2D eigenvalue weighted by molar-refractivity contribution is -0.275. The van der Waals surface area contributed by atoms with Gasteiger partial charge in [-0.15, -0.1) is 49.0 Å². The molecule has 0 amide bonds. The highest BCUT2D eigenvalue weighted by molar-refractivity contribution is 7.20. The maximum absolute atomic E-state index is 12.8. The molecule has 14 heteroatoms. The van der Waals surface area contributed by atoms with Crippen LogP contribution in [0.2, 0.25) is 0 Å². The fourth-order valence-electron chi connectivity index (χ4n) is 4.51. The van der Waals surface area contributed by atoms with Gasteiger partial charge < -0.3 is 9.47 Å². The molecule has 0 aliphatic heterocycles. The normalized spacial score (nSPS) is 11.3. The molecule has 0 aliphatic rings. The van der Waals surface area contributed by atoms with Crippen LogP contribution in [0.25, 0.3) is 53.6 Å². The van der Waals surface area contributed by atoms with E-state index in [-0.39, 0.29) is 20.2 Å². The van der Waals surface area contributed by atoms with Gasteiger partial charge in [-0.3, -0.25) is 0 Å². The van der Waals surface area contributed by atoms with Gasteiger partial charge >= 0.3 is 12.7 Å². The predicted molar refractivity (Wildman–Crippen MR) is 150 cm³/mol. The Hall–Kier alpha value is -5.54. The highest BCUT2D eigenvalue weighted by Crippen LogP contribution is 2.46. The van der Waals surface area contributed by atoms with E-state index in [2.05, 4.69) is 9.47 Å². The first-order chi connectivity index (χ1) is 20.9. The molecule has 0 saturated heterocycles. The summed E-state index contributed by atoms with van der Waals surface area (Å²) in [6.45, 7) is 0. The van der Waals surface area contributed by atoms with E-state index >= 15 is 0 Å². The zero-order valence-corrected chi connectivity index (χ0v) is 23.1. The van der Waals surface area contributed by atoms with E-state index in [9.17, 15) is 47.4 Å². The van der Waals surface area contributed by atoms with Crippen molar-refractivity contribution in [3.05, 3.63) is 69.7 Å². The Morgan fingerprint density at radius 1 is 0.545 bits per heavy atom. The average molecular weight is 637 g/mol. The molecular formula is C30H10F6N4O2S2. The monoisotopic (exact) mass is 636 g/mol. The molecule has 6 nitrogen and oxygen atoms in total. The molecular weight excluding hydrogens is 626 g/mol. The molecule has 0 unspecified atom stereocenters. The smallest absolute Gasteiger partial charge is 0.406 e. The van der Waals surface area contributed by atoms with Gasteiger partial charge in [0.1, 0.15) is 46.9 Å². The first-order valence-corrected chi connectivity index (χ1v) is 13.6. The van der Waals surface area contributed by atoms with E-state index in [1.165, 1.54) is 24.3 Å². The quantitative estimate of drug-likeness (QED) is 0.187. The summed E-state index contributed by atoms with van der Waals surface area (Å²) < 4.78 is 86.3. The van der Waals surface area contributed by atoms with Crippen molar-refractivity contribution < 1.29 is 35.8 Å². The predicted octanol–water partition coefficient (Wildman–Crippen LogP) is 7.64. The van der Waals surface area contributed by atoms with Crippen molar-refractivity contribution in [2.24, 2.45) is 0 Å². The van der Waals surface area contributed by atoms with Crippen LogP contribution < -0.4 is 18.5 Å². The van der Waals surface area contributed by atoms with Crippen LogP contribution in [-0.4, -0.2) is 12.7 Å². The van der Waals surface area contributed by atoms with E-state index in [0.29, 0.717) is 42.4 Å². The molecule has 5 aromatic rings. The Kier molecular flexibility index (Phi) is 7.67. The zero-order valence-electron chi connectivity index (χ0n) is 21.5. The average Bonchev–Trinajstić information content (AvgIpc) is 3.58. The molecule has 0 N–H and O–H groups in total. The van der Waals surface area contributed by atoms with Gasteiger partial charge in [0.05, 0.1) is 9.06 Å². The number of rotatable bonds is 4. The highest BCUT2D eigenvalue weighted by atomic mass is 32.1. The van der Waals surface area contributed by atoms with Crippen LogP contribution in [0.3, 0.4) is 0 Å². The number of nitriles is 4. The van der Waals surface area contributed by atoms with Crippen molar-refractivity contribution in [2.75, 3.05) is 0 Å². The number of nitrogens with zero attached hydrogens (tertiary/aromatic N) is 4. The van der Waals surface area contributed by atoms with E-state index in [1.54, 1.807) is 12.1 Å². The van der Waals surface area contributed by atoms with E-state index < -0.39 is 24.2 Å². The molecule has 2 heterocycles. The largest absolute Gasteiger partial charge is 0.573 e. The summed E-state index contributed by atoms with van der Waals surface area (Å²) >= 11 is 2.11. The Bertz CT molecular complexity index is 1990. The van der Waals surface area contributed by atoms with Crippen molar-refractivity contribution in [1.29, 1.82) is 21.0 Å². The van der Waals surface area contributed by atoms with Crippen LogP contribution in [0.4, 0.5) is 26.3 Å². The molecule has 0 bridgehead atoms. The topological polar surface area (TPSA) is 114 Å². The minimum atomic E-state index is -4.92. The number of hydrogen-bond donors (Lipinski definition) is 0. The van der Waals surface area contributed by atoms with Crippen molar-refractivity contribution >= 4 is 54.0 Å². The summed E-state index contributed by atoms with van der Waals surface area (Å²) in [6.07, 6.45) is -9.84. The number of fused-ring (bicyclic) bond motifs is 2. The van der Waals surface area contributed by atoms with Crippen molar-refractivity contribution in [3.8, 4) is 58.0 Å². The van der Waals surface area contributed by atoms with Crippen LogP contribution in [-0.2, 0) is 0 Å². The molecule has 0 aliphatic carbocycles. The third-order valence-corrected chi connectivity index (χ3v) is 8.49.